The lowest BCUT2D eigenvalue weighted by molar-refractivity contribution is 0.0963. The van der Waals surface area contributed by atoms with Gasteiger partial charge in [-0.05, 0) is 73.5 Å². The molecule has 0 aliphatic heterocycles. The van der Waals surface area contributed by atoms with Gasteiger partial charge >= 0.3 is 0 Å². The number of aryl methyl sites for hydroxylation is 1. The van der Waals surface area contributed by atoms with Gasteiger partial charge in [-0.3, -0.25) is 4.79 Å². The van der Waals surface area contributed by atoms with Crippen molar-refractivity contribution >= 4 is 39.8 Å². The number of thiazole rings is 1. The molecule has 0 saturated heterocycles. The summed E-state index contributed by atoms with van der Waals surface area (Å²) in [4.78, 5) is 23.6. The van der Waals surface area contributed by atoms with Crippen LogP contribution in [0.3, 0.4) is 0 Å². The van der Waals surface area contributed by atoms with E-state index >= 15 is 0 Å². The van der Waals surface area contributed by atoms with E-state index in [0.717, 1.165) is 21.8 Å². The molecule has 5 rings (SSSR count). The summed E-state index contributed by atoms with van der Waals surface area (Å²) in [6.07, 6.45) is 1.65. The Morgan fingerprint density at radius 3 is 2.39 bits per heavy atom. The number of nitrogens with one attached hydrogen (secondary N) is 1. The lowest BCUT2D eigenvalue weighted by atomic mass is 10.0. The summed E-state index contributed by atoms with van der Waals surface area (Å²) < 4.78 is 13.8. The van der Waals surface area contributed by atoms with Gasteiger partial charge in [-0.15, -0.1) is 11.3 Å². The highest BCUT2D eigenvalue weighted by Gasteiger charge is 2.33. The van der Waals surface area contributed by atoms with Gasteiger partial charge in [0.25, 0.3) is 16.7 Å². The molecule has 3 aromatic carbocycles. The van der Waals surface area contributed by atoms with E-state index in [4.69, 9.17) is 0 Å². The Labute approximate surface area is 245 Å². The Bertz CT molecular complexity index is 1690. The minimum atomic E-state index is -1.96. The molecule has 0 spiro atoms. The molecule has 8 nitrogen and oxygen atoms in total. The third kappa shape index (κ3) is 5.62. The predicted molar refractivity (Wildman–Crippen MR) is 162 cm³/mol. The second-order valence-electron chi connectivity index (χ2n) is 9.09. The van der Waals surface area contributed by atoms with Crippen LogP contribution >= 0.6 is 11.3 Å². The Morgan fingerprint density at radius 2 is 1.76 bits per heavy atom. The summed E-state index contributed by atoms with van der Waals surface area (Å²) in [5, 5.41) is 26.1. The topological polar surface area (TPSA) is 122 Å². The van der Waals surface area contributed by atoms with Gasteiger partial charge < -0.3 is 25.0 Å². The number of rotatable bonds is 8. The highest BCUT2D eigenvalue weighted by Crippen LogP contribution is 2.49. The number of benzene rings is 3. The first-order valence-electron chi connectivity index (χ1n) is 12.9. The third-order valence-electron chi connectivity index (χ3n) is 6.53. The molecule has 0 aliphatic rings. The number of nitrogens with zero attached hydrogens (tertiary/aromatic N) is 3. The molecule has 10 heteroatoms. The summed E-state index contributed by atoms with van der Waals surface area (Å²) in [6.45, 7) is 4.28. The van der Waals surface area contributed by atoms with E-state index in [-0.39, 0.29) is 16.6 Å². The third-order valence-corrected chi connectivity index (χ3v) is 8.90. The number of carbonyl (C=O) groups excluding carboxylic acids is 1. The minimum Gasteiger partial charge on any atom is -0.606 e. The van der Waals surface area contributed by atoms with Gasteiger partial charge in [0.15, 0.2) is 4.90 Å². The smallest absolute Gasteiger partial charge is 0.273 e. The molecular weight excluding hydrogens is 556 g/mol. The highest BCUT2D eigenvalue weighted by molar-refractivity contribution is 7.91. The zero-order valence-electron chi connectivity index (χ0n) is 22.7. The van der Waals surface area contributed by atoms with Gasteiger partial charge in [0, 0.05) is 42.2 Å². The van der Waals surface area contributed by atoms with Crippen molar-refractivity contribution in [2.24, 2.45) is 0 Å². The molecule has 0 fully saturated rings. The number of hydrogen-bond donors (Lipinski definition) is 3. The number of amides is 1. The molecule has 1 atom stereocenters. The zero-order chi connectivity index (χ0) is 29.1. The van der Waals surface area contributed by atoms with Crippen LogP contribution in [0.5, 0.6) is 11.6 Å². The molecule has 0 saturated carbocycles. The average molecular weight is 585 g/mol. The fourth-order valence-electron chi connectivity index (χ4n) is 4.56. The van der Waals surface area contributed by atoms with Crippen molar-refractivity contribution in [3.63, 3.8) is 0 Å². The molecule has 2 heterocycles. The van der Waals surface area contributed by atoms with Gasteiger partial charge in [-0.1, -0.05) is 30.3 Å². The van der Waals surface area contributed by atoms with Crippen LogP contribution in [0.4, 0.5) is 11.4 Å². The standard InChI is InChI=1S/C31H28N4O4S2/c1-4-35(23-11-6-5-7-12-23)27-26(25-18-33-19(2)40-25)34-31(38)29(28(27)36)41(39)24-15-13-20(14-16-24)21-9-8-10-22(17-21)30(37)32-3/h5-18H,4H2,1-3H3,(H,32,37)(H2,34,36,38). The van der Waals surface area contributed by atoms with E-state index in [0.29, 0.717) is 33.3 Å². The van der Waals surface area contributed by atoms with Gasteiger partial charge in [0.2, 0.25) is 5.75 Å². The highest BCUT2D eigenvalue weighted by atomic mass is 32.2. The molecule has 5 aromatic rings. The van der Waals surface area contributed by atoms with Crippen LogP contribution < -0.4 is 10.2 Å². The lowest BCUT2D eigenvalue weighted by Gasteiger charge is -2.27. The molecule has 0 aliphatic carbocycles. The largest absolute Gasteiger partial charge is 0.606 e. The maximum absolute atomic E-state index is 13.8. The van der Waals surface area contributed by atoms with E-state index in [9.17, 15) is 19.6 Å². The zero-order valence-corrected chi connectivity index (χ0v) is 24.3. The van der Waals surface area contributed by atoms with Gasteiger partial charge in [0.05, 0.1) is 9.88 Å². The summed E-state index contributed by atoms with van der Waals surface area (Å²) >= 11 is -0.572. The monoisotopic (exact) mass is 584 g/mol. The Balaban J connectivity index is 1.58. The minimum absolute atomic E-state index is 0.172. The summed E-state index contributed by atoms with van der Waals surface area (Å²) in [6, 6.07) is 23.6. The molecule has 3 N–H and O–H groups in total. The number of para-hydroxylation sites is 1. The fraction of sp³-hybridized carbons (Fsp3) is 0.129. The van der Waals surface area contributed by atoms with Crippen molar-refractivity contribution < 1.29 is 19.6 Å². The maximum Gasteiger partial charge on any atom is 0.273 e. The number of aromatic hydroxyl groups is 2. The first kappa shape index (κ1) is 28.2. The van der Waals surface area contributed by atoms with Crippen molar-refractivity contribution in [2.75, 3.05) is 18.5 Å². The molecule has 2 aromatic heterocycles. The Morgan fingerprint density at radius 1 is 1.02 bits per heavy atom. The van der Waals surface area contributed by atoms with Crippen molar-refractivity contribution in [3.05, 3.63) is 95.6 Å². The van der Waals surface area contributed by atoms with E-state index in [1.807, 2.05) is 55.1 Å². The van der Waals surface area contributed by atoms with Crippen molar-refractivity contribution in [1.82, 2.24) is 15.3 Å². The van der Waals surface area contributed by atoms with Crippen molar-refractivity contribution in [2.45, 2.75) is 23.6 Å². The van der Waals surface area contributed by atoms with Gasteiger partial charge in [0.1, 0.15) is 11.4 Å². The van der Waals surface area contributed by atoms with Crippen LogP contribution in [0.15, 0.2) is 94.9 Å². The SMILES string of the molecule is CCN(c1ccccc1)c1c(-c2cnc(C)s2)nc(O)c([S+]([O-])c2ccc(-c3cccc(C(=O)NC)c3)cc2)c1O. The first-order valence-corrected chi connectivity index (χ1v) is 14.8. The van der Waals surface area contributed by atoms with E-state index in [2.05, 4.69) is 15.3 Å². The van der Waals surface area contributed by atoms with E-state index < -0.39 is 17.1 Å². The van der Waals surface area contributed by atoms with E-state index in [1.54, 1.807) is 55.7 Å². The predicted octanol–water partition coefficient (Wildman–Crippen LogP) is 6.28. The molecule has 0 bridgehead atoms. The van der Waals surface area contributed by atoms with Crippen LogP contribution in [0, 0.1) is 6.92 Å². The number of pyridine rings is 1. The van der Waals surface area contributed by atoms with Crippen LogP contribution in [0.1, 0.15) is 22.3 Å². The Hall–Kier alpha value is -4.38. The number of anilines is 2. The molecule has 208 valence electrons. The van der Waals surface area contributed by atoms with Gasteiger partial charge in [-0.2, -0.15) is 0 Å². The molecular formula is C31H28N4O4S2. The summed E-state index contributed by atoms with van der Waals surface area (Å²) in [7, 11) is 1.58. The lowest BCUT2D eigenvalue weighted by Crippen LogP contribution is -2.19. The maximum atomic E-state index is 13.8. The van der Waals surface area contributed by atoms with Crippen molar-refractivity contribution in [1.29, 1.82) is 0 Å². The van der Waals surface area contributed by atoms with E-state index in [1.165, 1.54) is 11.3 Å². The second kappa shape index (κ2) is 12.0. The number of aromatic nitrogens is 2. The first-order chi connectivity index (χ1) is 19.8. The van der Waals surface area contributed by atoms with Gasteiger partial charge in [-0.25, -0.2) is 9.97 Å². The van der Waals surface area contributed by atoms with Crippen LogP contribution in [0.2, 0.25) is 0 Å². The quantitative estimate of drug-likeness (QED) is 0.184. The molecule has 41 heavy (non-hydrogen) atoms. The number of carbonyl (C=O) groups is 1. The average Bonchev–Trinajstić information content (AvgIpc) is 3.44. The second-order valence-corrected chi connectivity index (χ2v) is 11.7. The summed E-state index contributed by atoms with van der Waals surface area (Å²) in [5.74, 6) is -1.02. The molecule has 0 radical (unpaired) electrons. The Kier molecular flexibility index (Phi) is 8.25. The molecule has 1 unspecified atom stereocenters. The number of hydrogen-bond acceptors (Lipinski definition) is 8. The summed E-state index contributed by atoms with van der Waals surface area (Å²) in [5.41, 5.74) is 3.67. The van der Waals surface area contributed by atoms with Crippen molar-refractivity contribution in [3.8, 4) is 33.3 Å². The molecule has 1 amide bonds. The fourth-order valence-corrected chi connectivity index (χ4v) is 6.43. The van der Waals surface area contributed by atoms with Crippen LogP contribution in [-0.2, 0) is 11.2 Å². The van der Waals surface area contributed by atoms with Crippen LogP contribution in [-0.4, -0.2) is 44.2 Å². The normalized spacial score (nSPS) is 11.7. The van der Waals surface area contributed by atoms with Crippen LogP contribution in [0.25, 0.3) is 21.7 Å².